The molecule has 1 aliphatic rings. The maximum absolute atomic E-state index is 11.3. The lowest BCUT2D eigenvalue weighted by Gasteiger charge is -2.28. The highest BCUT2D eigenvalue weighted by Crippen LogP contribution is 2.29. The zero-order valence-corrected chi connectivity index (χ0v) is 14.4. The quantitative estimate of drug-likeness (QED) is 0.574. The van der Waals surface area contributed by atoms with Crippen LogP contribution in [0, 0.1) is 10.1 Å². The second-order valence-corrected chi connectivity index (χ2v) is 6.14. The van der Waals surface area contributed by atoms with Gasteiger partial charge in [-0.25, -0.2) is 4.98 Å². The number of pyridine rings is 1. The minimum Gasteiger partial charge on any atom is -0.390 e. The number of aliphatic hydroxyl groups excluding tert-OH is 1. The molecule has 1 saturated heterocycles. The molecule has 8 heteroatoms. The van der Waals surface area contributed by atoms with Gasteiger partial charge in [-0.1, -0.05) is 30.3 Å². The van der Waals surface area contributed by atoms with Crippen molar-refractivity contribution in [2.45, 2.75) is 6.10 Å². The van der Waals surface area contributed by atoms with E-state index in [0.717, 1.165) is 13.1 Å². The Balaban J connectivity index is 1.67. The highest BCUT2D eigenvalue weighted by atomic mass is 16.6. The first-order valence-corrected chi connectivity index (χ1v) is 8.56. The lowest BCUT2D eigenvalue weighted by Crippen LogP contribution is -2.42. The molecular formula is C18H22N4O4. The van der Waals surface area contributed by atoms with Gasteiger partial charge in [0.05, 0.1) is 24.2 Å². The van der Waals surface area contributed by atoms with E-state index < -0.39 is 11.0 Å². The number of rotatable bonds is 7. The van der Waals surface area contributed by atoms with Crippen molar-refractivity contribution >= 4 is 11.5 Å². The van der Waals surface area contributed by atoms with Crippen LogP contribution in [0.3, 0.4) is 0 Å². The van der Waals surface area contributed by atoms with Crippen LogP contribution in [0.2, 0.25) is 0 Å². The maximum atomic E-state index is 11.3. The van der Waals surface area contributed by atoms with E-state index in [9.17, 15) is 15.2 Å². The Bertz CT molecular complexity index is 735. The average Bonchev–Trinajstić information content (AvgIpc) is 2.67. The Morgan fingerprint density at radius 3 is 2.65 bits per heavy atom. The molecule has 1 aliphatic heterocycles. The maximum Gasteiger partial charge on any atom is 0.295 e. The van der Waals surface area contributed by atoms with E-state index in [4.69, 9.17) is 4.74 Å². The number of anilines is 1. The van der Waals surface area contributed by atoms with Gasteiger partial charge in [0.15, 0.2) is 5.69 Å². The first kappa shape index (κ1) is 18.2. The number of aromatic nitrogens is 1. The highest BCUT2D eigenvalue weighted by Gasteiger charge is 2.18. The zero-order valence-electron chi connectivity index (χ0n) is 14.4. The number of benzene rings is 1. The third-order valence-electron chi connectivity index (χ3n) is 4.21. The normalized spacial score (nSPS) is 16.2. The summed E-state index contributed by atoms with van der Waals surface area (Å²) in [5.41, 5.74) is 0.940. The van der Waals surface area contributed by atoms with Crippen molar-refractivity contribution < 1.29 is 14.8 Å². The van der Waals surface area contributed by atoms with Crippen LogP contribution in [0.15, 0.2) is 42.5 Å². The van der Waals surface area contributed by atoms with E-state index in [0.29, 0.717) is 43.4 Å². The van der Waals surface area contributed by atoms with E-state index in [1.165, 1.54) is 6.07 Å². The van der Waals surface area contributed by atoms with Crippen molar-refractivity contribution in [3.63, 3.8) is 0 Å². The van der Waals surface area contributed by atoms with E-state index in [-0.39, 0.29) is 5.69 Å². The Hall–Kier alpha value is -2.55. The van der Waals surface area contributed by atoms with Gasteiger partial charge in [-0.3, -0.25) is 15.0 Å². The van der Waals surface area contributed by atoms with E-state index in [2.05, 4.69) is 15.2 Å². The summed E-state index contributed by atoms with van der Waals surface area (Å²) in [6.45, 7) is 3.86. The highest BCUT2D eigenvalue weighted by molar-refractivity contribution is 5.71. The van der Waals surface area contributed by atoms with Crippen LogP contribution in [0.25, 0.3) is 11.3 Å². The summed E-state index contributed by atoms with van der Waals surface area (Å²) in [6, 6.07) is 12.0. The van der Waals surface area contributed by atoms with Crippen molar-refractivity contribution in [3.8, 4) is 11.3 Å². The molecule has 0 saturated carbocycles. The number of nitrogens with zero attached hydrogens (tertiary/aromatic N) is 3. The summed E-state index contributed by atoms with van der Waals surface area (Å²) >= 11 is 0. The number of nitro groups is 1. The Labute approximate surface area is 151 Å². The number of β-amino-alcohol motifs (C(OH)–C–C–N with tert-alkyl or cyclic N) is 1. The molecule has 1 aromatic heterocycles. The first-order chi connectivity index (χ1) is 12.6. The number of hydrogen-bond donors (Lipinski definition) is 2. The third kappa shape index (κ3) is 4.75. The Kier molecular flexibility index (Phi) is 6.11. The largest absolute Gasteiger partial charge is 0.390 e. The second-order valence-electron chi connectivity index (χ2n) is 6.14. The number of hydrogen-bond acceptors (Lipinski definition) is 7. The molecule has 2 aromatic rings. The molecule has 0 radical (unpaired) electrons. The van der Waals surface area contributed by atoms with Gasteiger partial charge in [-0.2, -0.15) is 0 Å². The number of ether oxygens (including phenoxy) is 1. The fourth-order valence-electron chi connectivity index (χ4n) is 2.87. The Morgan fingerprint density at radius 2 is 1.96 bits per heavy atom. The predicted molar refractivity (Wildman–Crippen MR) is 98.1 cm³/mol. The van der Waals surface area contributed by atoms with Gasteiger partial charge in [-0.05, 0) is 6.07 Å². The molecule has 0 spiro atoms. The fraction of sp³-hybridized carbons (Fsp3) is 0.389. The molecule has 0 amide bonds. The van der Waals surface area contributed by atoms with Gasteiger partial charge >= 0.3 is 0 Å². The lowest BCUT2D eigenvalue weighted by molar-refractivity contribution is -0.384. The van der Waals surface area contributed by atoms with Gasteiger partial charge in [0.1, 0.15) is 5.82 Å². The monoisotopic (exact) mass is 358 g/mol. The van der Waals surface area contributed by atoms with Crippen molar-refractivity contribution in [1.82, 2.24) is 9.88 Å². The van der Waals surface area contributed by atoms with Crippen molar-refractivity contribution in [2.24, 2.45) is 0 Å². The first-order valence-electron chi connectivity index (χ1n) is 8.56. The minimum absolute atomic E-state index is 0.0457. The lowest BCUT2D eigenvalue weighted by atomic mass is 10.1. The van der Waals surface area contributed by atoms with Crippen molar-refractivity contribution in [3.05, 3.63) is 52.6 Å². The van der Waals surface area contributed by atoms with Crippen molar-refractivity contribution in [2.75, 3.05) is 44.7 Å². The number of nitrogens with one attached hydrogen (secondary N) is 1. The molecule has 1 aromatic carbocycles. The van der Waals surface area contributed by atoms with Gasteiger partial charge in [0.25, 0.3) is 5.69 Å². The molecule has 8 nitrogen and oxygen atoms in total. The average molecular weight is 358 g/mol. The van der Waals surface area contributed by atoms with E-state index in [1.54, 1.807) is 18.2 Å². The molecule has 1 fully saturated rings. The van der Waals surface area contributed by atoms with Crippen LogP contribution >= 0.6 is 0 Å². The van der Waals surface area contributed by atoms with E-state index in [1.807, 2.05) is 18.2 Å². The Morgan fingerprint density at radius 1 is 1.23 bits per heavy atom. The molecule has 3 rings (SSSR count). The molecule has 0 bridgehead atoms. The molecule has 2 heterocycles. The minimum atomic E-state index is -0.565. The molecule has 2 N–H and O–H groups in total. The summed E-state index contributed by atoms with van der Waals surface area (Å²) < 4.78 is 5.29. The molecule has 0 aliphatic carbocycles. The summed E-state index contributed by atoms with van der Waals surface area (Å²) in [6.07, 6.45) is -0.565. The standard InChI is InChI=1S/C18H22N4O4/c23-15(13-21-8-10-26-11-9-21)12-19-17-7-6-16(22(24)25)18(20-17)14-4-2-1-3-5-14/h1-7,15,23H,8-13H2,(H,19,20). The van der Waals surface area contributed by atoms with Gasteiger partial charge in [0.2, 0.25) is 0 Å². The zero-order chi connectivity index (χ0) is 18.4. The molecule has 138 valence electrons. The second kappa shape index (κ2) is 8.70. The topological polar surface area (TPSA) is 101 Å². The summed E-state index contributed by atoms with van der Waals surface area (Å²) in [7, 11) is 0. The molecule has 1 unspecified atom stereocenters. The summed E-state index contributed by atoms with van der Waals surface area (Å²) in [5, 5.41) is 24.6. The van der Waals surface area contributed by atoms with Crippen LogP contribution < -0.4 is 5.32 Å². The summed E-state index contributed by atoms with van der Waals surface area (Å²) in [5.74, 6) is 0.496. The molecular weight excluding hydrogens is 336 g/mol. The van der Waals surface area contributed by atoms with E-state index >= 15 is 0 Å². The van der Waals surface area contributed by atoms with Gasteiger partial charge < -0.3 is 15.2 Å². The van der Waals surface area contributed by atoms with Crippen LogP contribution in [0.1, 0.15) is 0 Å². The predicted octanol–water partition coefficient (Wildman–Crippen LogP) is 1.76. The molecule has 1 atom stereocenters. The van der Waals surface area contributed by atoms with Crippen LogP contribution in [0.5, 0.6) is 0 Å². The van der Waals surface area contributed by atoms with Crippen LogP contribution in [0.4, 0.5) is 11.5 Å². The third-order valence-corrected chi connectivity index (χ3v) is 4.21. The van der Waals surface area contributed by atoms with Gasteiger partial charge in [-0.15, -0.1) is 0 Å². The number of aliphatic hydroxyl groups is 1. The van der Waals surface area contributed by atoms with Gasteiger partial charge in [0, 0.05) is 37.8 Å². The number of morpholine rings is 1. The smallest absolute Gasteiger partial charge is 0.295 e. The van der Waals surface area contributed by atoms with Crippen molar-refractivity contribution in [1.29, 1.82) is 0 Å². The fourth-order valence-corrected chi connectivity index (χ4v) is 2.87. The van der Waals surface area contributed by atoms with Crippen LogP contribution in [-0.4, -0.2) is 65.4 Å². The van der Waals surface area contributed by atoms with Crippen LogP contribution in [-0.2, 0) is 4.74 Å². The SMILES string of the molecule is O=[N+]([O-])c1ccc(NCC(O)CN2CCOCC2)nc1-c1ccccc1. The molecule has 26 heavy (non-hydrogen) atoms. The summed E-state index contributed by atoms with van der Waals surface area (Å²) in [4.78, 5) is 17.4.